The molecule has 5 heterocycles. The predicted octanol–water partition coefficient (Wildman–Crippen LogP) is 4.45. The number of hydrogen-bond acceptors (Lipinski definition) is 9. The van der Waals surface area contributed by atoms with E-state index in [1.54, 1.807) is 19.3 Å². The molecule has 208 valence electrons. The zero-order valence-electron chi connectivity index (χ0n) is 22.8. The van der Waals surface area contributed by atoms with E-state index in [9.17, 15) is 8.42 Å². The SMILES string of the molecule is CC[C@@H](C)n1c([C@@H](C)OC2CCCCO2)nc2cnc(Cc3ccnc(-c4cnn(S(=O)(=O)CC)c4)n3)cc21. The van der Waals surface area contributed by atoms with E-state index in [0.717, 1.165) is 64.6 Å². The van der Waals surface area contributed by atoms with Crippen LogP contribution < -0.4 is 0 Å². The van der Waals surface area contributed by atoms with Gasteiger partial charge in [-0.05, 0) is 58.6 Å². The summed E-state index contributed by atoms with van der Waals surface area (Å²) in [6.07, 6.45) is 10.5. The summed E-state index contributed by atoms with van der Waals surface area (Å²) in [7, 11) is -3.48. The van der Waals surface area contributed by atoms with Crippen LogP contribution in [0.4, 0.5) is 0 Å². The maximum atomic E-state index is 12.1. The normalized spacial score (nSPS) is 17.9. The van der Waals surface area contributed by atoms with Crippen LogP contribution in [-0.2, 0) is 25.9 Å². The van der Waals surface area contributed by atoms with Crippen LogP contribution in [0, 0.1) is 0 Å². The van der Waals surface area contributed by atoms with Gasteiger partial charge in [0.1, 0.15) is 17.4 Å². The Labute approximate surface area is 228 Å². The molecule has 0 bridgehead atoms. The molecular formula is C27H35N7O4S. The van der Waals surface area contributed by atoms with Gasteiger partial charge in [0.25, 0.3) is 10.0 Å². The molecular weight excluding hydrogens is 518 g/mol. The van der Waals surface area contributed by atoms with Crippen LogP contribution in [-0.4, -0.2) is 60.8 Å². The van der Waals surface area contributed by atoms with Crippen molar-refractivity contribution in [1.29, 1.82) is 0 Å². The average molecular weight is 554 g/mol. The van der Waals surface area contributed by atoms with Gasteiger partial charge in [-0.15, -0.1) is 0 Å². The van der Waals surface area contributed by atoms with Crippen LogP contribution in [0.1, 0.15) is 82.7 Å². The molecule has 1 aliphatic heterocycles. The molecule has 11 nitrogen and oxygen atoms in total. The fourth-order valence-corrected chi connectivity index (χ4v) is 5.45. The van der Waals surface area contributed by atoms with Crippen molar-refractivity contribution in [3.05, 3.63) is 54.1 Å². The lowest BCUT2D eigenvalue weighted by Gasteiger charge is -2.27. The highest BCUT2D eigenvalue weighted by atomic mass is 32.2. The number of imidazole rings is 1. The Kier molecular flexibility index (Phi) is 8.06. The van der Waals surface area contributed by atoms with Crippen LogP contribution in [0.5, 0.6) is 0 Å². The zero-order valence-corrected chi connectivity index (χ0v) is 23.6. The van der Waals surface area contributed by atoms with Gasteiger partial charge in [0.05, 0.1) is 41.1 Å². The number of aromatic nitrogens is 7. The molecule has 3 atom stereocenters. The Morgan fingerprint density at radius 2 is 1.97 bits per heavy atom. The number of nitrogens with zero attached hydrogens (tertiary/aromatic N) is 7. The largest absolute Gasteiger partial charge is 0.353 e. The minimum atomic E-state index is -3.48. The van der Waals surface area contributed by atoms with Crippen molar-refractivity contribution in [3.8, 4) is 11.4 Å². The number of ether oxygens (including phenoxy) is 2. The van der Waals surface area contributed by atoms with Crippen LogP contribution >= 0.6 is 0 Å². The van der Waals surface area contributed by atoms with Gasteiger partial charge in [0.15, 0.2) is 12.1 Å². The topological polar surface area (TPSA) is 127 Å². The summed E-state index contributed by atoms with van der Waals surface area (Å²) in [6, 6.07) is 4.12. The van der Waals surface area contributed by atoms with Crippen molar-refractivity contribution >= 4 is 21.1 Å². The first-order valence-corrected chi connectivity index (χ1v) is 15.1. The maximum absolute atomic E-state index is 12.1. The minimum absolute atomic E-state index is 0.0443. The van der Waals surface area contributed by atoms with Gasteiger partial charge in [-0.25, -0.2) is 23.4 Å². The van der Waals surface area contributed by atoms with Gasteiger partial charge in [-0.3, -0.25) is 4.98 Å². The molecule has 1 saturated heterocycles. The number of hydrogen-bond donors (Lipinski definition) is 0. The fraction of sp³-hybridized carbons (Fsp3) is 0.519. The molecule has 0 radical (unpaired) electrons. The molecule has 0 aliphatic carbocycles. The lowest BCUT2D eigenvalue weighted by Crippen LogP contribution is -2.25. The van der Waals surface area contributed by atoms with Gasteiger partial charge in [-0.1, -0.05) is 6.92 Å². The third-order valence-electron chi connectivity index (χ3n) is 7.09. The minimum Gasteiger partial charge on any atom is -0.353 e. The van der Waals surface area contributed by atoms with Crippen molar-refractivity contribution < 1.29 is 17.9 Å². The van der Waals surface area contributed by atoms with Crippen LogP contribution in [0.25, 0.3) is 22.4 Å². The Hall–Kier alpha value is -3.22. The van der Waals surface area contributed by atoms with E-state index in [4.69, 9.17) is 14.5 Å². The summed E-state index contributed by atoms with van der Waals surface area (Å²) in [5, 5.41) is 3.98. The highest BCUT2D eigenvalue weighted by Crippen LogP contribution is 2.30. The number of pyridine rings is 1. The highest BCUT2D eigenvalue weighted by Gasteiger charge is 2.25. The first-order chi connectivity index (χ1) is 18.8. The second-order valence-corrected chi connectivity index (χ2v) is 12.0. The molecule has 4 aromatic rings. The summed E-state index contributed by atoms with van der Waals surface area (Å²) >= 11 is 0. The van der Waals surface area contributed by atoms with Crippen LogP contribution in [0.3, 0.4) is 0 Å². The summed E-state index contributed by atoms with van der Waals surface area (Å²) < 4.78 is 39.5. The third kappa shape index (κ3) is 5.87. The lowest BCUT2D eigenvalue weighted by molar-refractivity contribution is -0.188. The van der Waals surface area contributed by atoms with Crippen molar-refractivity contribution in [2.75, 3.05) is 12.4 Å². The van der Waals surface area contributed by atoms with E-state index >= 15 is 0 Å². The Bertz CT molecular complexity index is 1540. The van der Waals surface area contributed by atoms with Crippen LogP contribution in [0.2, 0.25) is 0 Å². The van der Waals surface area contributed by atoms with Gasteiger partial charge in [-0.2, -0.15) is 9.19 Å². The molecule has 1 aliphatic rings. The molecule has 12 heteroatoms. The first-order valence-electron chi connectivity index (χ1n) is 13.5. The van der Waals surface area contributed by atoms with Crippen molar-refractivity contribution in [2.24, 2.45) is 0 Å². The molecule has 4 aromatic heterocycles. The molecule has 0 amide bonds. The smallest absolute Gasteiger partial charge is 0.253 e. The first kappa shape index (κ1) is 27.4. The molecule has 5 rings (SSSR count). The molecule has 0 N–H and O–H groups in total. The van der Waals surface area contributed by atoms with E-state index < -0.39 is 10.0 Å². The van der Waals surface area contributed by atoms with Crippen molar-refractivity contribution in [2.45, 2.75) is 78.2 Å². The van der Waals surface area contributed by atoms with Gasteiger partial charge in [0, 0.05) is 31.0 Å². The Balaban J connectivity index is 1.42. The summed E-state index contributed by atoms with van der Waals surface area (Å²) in [5.74, 6) is 1.24. The fourth-order valence-electron chi connectivity index (χ4n) is 4.72. The summed E-state index contributed by atoms with van der Waals surface area (Å²) in [6.45, 7) is 8.69. The highest BCUT2D eigenvalue weighted by molar-refractivity contribution is 7.89. The predicted molar refractivity (Wildman–Crippen MR) is 147 cm³/mol. The van der Waals surface area contributed by atoms with Gasteiger partial charge >= 0.3 is 0 Å². The third-order valence-corrected chi connectivity index (χ3v) is 8.59. The van der Waals surface area contributed by atoms with E-state index in [2.05, 4.69) is 44.5 Å². The van der Waals surface area contributed by atoms with Crippen LogP contribution in [0.15, 0.2) is 36.9 Å². The second-order valence-electron chi connectivity index (χ2n) is 9.89. The number of fused-ring (bicyclic) bond motifs is 1. The van der Waals surface area contributed by atoms with Gasteiger partial charge in [0.2, 0.25) is 0 Å². The van der Waals surface area contributed by atoms with E-state index in [1.165, 1.54) is 12.4 Å². The number of rotatable bonds is 10. The van der Waals surface area contributed by atoms with E-state index in [1.807, 2.05) is 13.0 Å². The molecule has 1 unspecified atom stereocenters. The standard InChI is InChI=1S/C27H35N7O4S/c1-5-18(3)34-24-14-22(29-16-23(24)32-27(34)19(4)38-25-9-7-8-12-37-25)13-21-10-11-28-26(31-21)20-15-30-33(17-20)39(35,36)6-2/h10-11,14-19,25H,5-9,12-13H2,1-4H3/t18-,19-,25?/m1/s1. The molecule has 0 saturated carbocycles. The molecule has 0 aromatic carbocycles. The van der Waals surface area contributed by atoms with Crippen molar-refractivity contribution in [1.82, 2.24) is 33.7 Å². The maximum Gasteiger partial charge on any atom is 0.253 e. The molecule has 0 spiro atoms. The summed E-state index contributed by atoms with van der Waals surface area (Å²) in [5.41, 5.74) is 3.97. The quantitative estimate of drug-likeness (QED) is 0.280. The Morgan fingerprint density at radius 3 is 2.72 bits per heavy atom. The average Bonchev–Trinajstić information content (AvgIpc) is 3.60. The van der Waals surface area contributed by atoms with E-state index in [0.29, 0.717) is 17.8 Å². The molecule has 1 fully saturated rings. The van der Waals surface area contributed by atoms with E-state index in [-0.39, 0.29) is 24.2 Å². The van der Waals surface area contributed by atoms with Crippen molar-refractivity contribution in [3.63, 3.8) is 0 Å². The van der Waals surface area contributed by atoms with Gasteiger partial charge < -0.3 is 14.0 Å². The molecule has 39 heavy (non-hydrogen) atoms. The second kappa shape index (κ2) is 11.5. The summed E-state index contributed by atoms with van der Waals surface area (Å²) in [4.78, 5) is 18.6. The Morgan fingerprint density at radius 1 is 1.13 bits per heavy atom. The lowest BCUT2D eigenvalue weighted by atomic mass is 10.2. The zero-order chi connectivity index (χ0) is 27.6. The monoisotopic (exact) mass is 553 g/mol.